The van der Waals surface area contributed by atoms with Gasteiger partial charge < -0.3 is 24.7 Å². The van der Waals surface area contributed by atoms with E-state index in [1.165, 1.54) is 24.3 Å². The number of fused-ring (bicyclic) bond motifs is 1. The molecule has 8 heteroatoms. The highest BCUT2D eigenvalue weighted by Gasteiger charge is 2.20. The van der Waals surface area contributed by atoms with E-state index < -0.39 is 17.5 Å². The van der Waals surface area contributed by atoms with Gasteiger partial charge in [0.1, 0.15) is 28.9 Å². The van der Waals surface area contributed by atoms with Gasteiger partial charge in [-0.2, -0.15) is 0 Å². The highest BCUT2D eigenvalue weighted by Crippen LogP contribution is 2.29. The molecule has 0 bridgehead atoms. The number of carbonyl (C=O) groups excluding carboxylic acids is 1. The van der Waals surface area contributed by atoms with Crippen molar-refractivity contribution in [1.29, 1.82) is 0 Å². The monoisotopic (exact) mass is 425 g/mol. The molecule has 0 atom stereocenters. The Morgan fingerprint density at radius 1 is 1.13 bits per heavy atom. The fourth-order valence-corrected chi connectivity index (χ4v) is 3.62. The molecule has 0 radical (unpaired) electrons. The molecular formula is C23H24FN3O4. The number of amides is 2. The number of hydrogen-bond donors (Lipinski definition) is 2. The number of nitrogens with one attached hydrogen (secondary N) is 2. The van der Waals surface area contributed by atoms with E-state index in [1.54, 1.807) is 12.1 Å². The summed E-state index contributed by atoms with van der Waals surface area (Å²) in [7, 11) is 2.09. The molecule has 1 aliphatic rings. The van der Waals surface area contributed by atoms with Crippen LogP contribution in [0.3, 0.4) is 0 Å². The molecule has 2 aromatic carbocycles. The van der Waals surface area contributed by atoms with Gasteiger partial charge in [0, 0.05) is 29.7 Å². The van der Waals surface area contributed by atoms with E-state index in [-0.39, 0.29) is 11.8 Å². The predicted octanol–water partition coefficient (Wildman–Crippen LogP) is 4.36. The Morgan fingerprint density at radius 3 is 2.55 bits per heavy atom. The fourth-order valence-electron chi connectivity index (χ4n) is 3.62. The van der Waals surface area contributed by atoms with E-state index in [1.807, 2.05) is 13.0 Å². The molecule has 2 N–H and O–H groups in total. The van der Waals surface area contributed by atoms with Gasteiger partial charge in [0.15, 0.2) is 0 Å². The van der Waals surface area contributed by atoms with Gasteiger partial charge in [0.2, 0.25) is 0 Å². The second-order valence-electron chi connectivity index (χ2n) is 7.76. The zero-order chi connectivity index (χ0) is 22.0. The Morgan fingerprint density at radius 2 is 1.84 bits per heavy atom. The number of hydrogen-bond acceptors (Lipinski definition) is 5. The van der Waals surface area contributed by atoms with Crippen LogP contribution in [0.4, 0.5) is 20.6 Å². The number of anilines is 2. The normalized spacial score (nSPS) is 15.1. The van der Waals surface area contributed by atoms with Crippen LogP contribution in [0.1, 0.15) is 18.4 Å². The minimum atomic E-state index is -0.665. The largest absolute Gasteiger partial charge is 0.490 e. The van der Waals surface area contributed by atoms with Crippen molar-refractivity contribution in [2.24, 2.45) is 0 Å². The number of nitrogens with zero attached hydrogens (tertiary/aromatic N) is 1. The summed E-state index contributed by atoms with van der Waals surface area (Å²) in [5.41, 5.74) is 0.920. The number of likely N-dealkylation sites (tertiary alicyclic amines) is 1. The van der Waals surface area contributed by atoms with Crippen LogP contribution in [-0.2, 0) is 0 Å². The van der Waals surface area contributed by atoms with E-state index in [0.29, 0.717) is 22.4 Å². The second-order valence-corrected chi connectivity index (χ2v) is 7.76. The summed E-state index contributed by atoms with van der Waals surface area (Å²) in [5, 5.41) is 5.70. The van der Waals surface area contributed by atoms with Crippen molar-refractivity contribution in [3.8, 4) is 5.75 Å². The van der Waals surface area contributed by atoms with Crippen LogP contribution in [0.5, 0.6) is 5.75 Å². The average Bonchev–Trinajstić information content (AvgIpc) is 2.74. The van der Waals surface area contributed by atoms with Gasteiger partial charge in [-0.05, 0) is 69.3 Å². The number of ether oxygens (including phenoxy) is 1. The molecule has 1 saturated heterocycles. The molecule has 3 aromatic rings. The summed E-state index contributed by atoms with van der Waals surface area (Å²) in [5.74, 6) is 0.288. The molecule has 4 rings (SSSR count). The van der Waals surface area contributed by atoms with E-state index in [9.17, 15) is 14.0 Å². The second kappa shape index (κ2) is 8.77. The van der Waals surface area contributed by atoms with E-state index in [0.717, 1.165) is 31.5 Å². The number of aryl methyl sites for hydroxylation is 1. The molecule has 1 aliphatic heterocycles. The van der Waals surface area contributed by atoms with Crippen molar-refractivity contribution >= 4 is 28.4 Å². The maximum absolute atomic E-state index is 13.0. The number of urea groups is 1. The molecule has 0 spiro atoms. The maximum atomic E-state index is 13.0. The van der Waals surface area contributed by atoms with Gasteiger partial charge in [-0.1, -0.05) is 0 Å². The molecule has 7 nitrogen and oxygen atoms in total. The Bertz CT molecular complexity index is 1150. The summed E-state index contributed by atoms with van der Waals surface area (Å²) in [4.78, 5) is 26.9. The zero-order valence-corrected chi connectivity index (χ0v) is 17.4. The lowest BCUT2D eigenvalue weighted by Gasteiger charge is -2.29. The number of piperidine rings is 1. The van der Waals surface area contributed by atoms with Gasteiger partial charge in [0.25, 0.3) is 0 Å². The molecule has 162 valence electrons. The minimum absolute atomic E-state index is 0.00972. The van der Waals surface area contributed by atoms with Crippen molar-refractivity contribution in [1.82, 2.24) is 4.90 Å². The summed E-state index contributed by atoms with van der Waals surface area (Å²) >= 11 is 0. The quantitative estimate of drug-likeness (QED) is 0.607. The van der Waals surface area contributed by atoms with E-state index in [2.05, 4.69) is 22.6 Å². The minimum Gasteiger partial charge on any atom is -0.490 e. The van der Waals surface area contributed by atoms with Crippen molar-refractivity contribution in [3.05, 3.63) is 64.3 Å². The van der Waals surface area contributed by atoms with Crippen molar-refractivity contribution < 1.29 is 18.3 Å². The molecule has 0 aliphatic carbocycles. The predicted molar refractivity (Wildman–Crippen MR) is 117 cm³/mol. The van der Waals surface area contributed by atoms with Crippen LogP contribution in [0.15, 0.2) is 51.7 Å². The summed E-state index contributed by atoms with van der Waals surface area (Å²) in [6, 6.07) is 9.91. The highest BCUT2D eigenvalue weighted by atomic mass is 19.1. The third-order valence-corrected chi connectivity index (χ3v) is 5.41. The van der Waals surface area contributed by atoms with Crippen LogP contribution in [-0.4, -0.2) is 37.2 Å². The number of rotatable bonds is 4. The van der Waals surface area contributed by atoms with E-state index in [4.69, 9.17) is 9.15 Å². The van der Waals surface area contributed by atoms with Crippen LogP contribution in [0, 0.1) is 12.7 Å². The summed E-state index contributed by atoms with van der Waals surface area (Å²) in [6.07, 6.45) is 2.03. The van der Waals surface area contributed by atoms with Gasteiger partial charge in [-0.25, -0.2) is 14.0 Å². The Balaban J connectivity index is 1.51. The molecular weight excluding hydrogens is 401 g/mol. The number of halogens is 1. The Hall–Kier alpha value is -3.39. The Labute approximate surface area is 178 Å². The van der Waals surface area contributed by atoms with Gasteiger partial charge in [-0.15, -0.1) is 0 Å². The standard InChI is InChI=1S/C23H24FN3O4/c1-14-20(30-18-9-11-27(2)12-10-18)8-3-15-13-19(22(28)31-21(14)15)26-23(29)25-17-6-4-16(24)5-7-17/h3-8,13,18H,9-12H2,1-2H3,(H2,25,26,29). The van der Waals surface area contributed by atoms with Gasteiger partial charge in [-0.3, -0.25) is 0 Å². The number of benzene rings is 2. The smallest absolute Gasteiger partial charge is 0.360 e. The average molecular weight is 425 g/mol. The first-order chi connectivity index (χ1) is 14.9. The third-order valence-electron chi connectivity index (χ3n) is 5.41. The third kappa shape index (κ3) is 4.86. The molecule has 0 saturated carbocycles. The van der Waals surface area contributed by atoms with Gasteiger partial charge in [0.05, 0.1) is 0 Å². The molecule has 2 heterocycles. The maximum Gasteiger partial charge on any atom is 0.360 e. The van der Waals surface area contributed by atoms with Crippen molar-refractivity contribution in [2.75, 3.05) is 30.8 Å². The fraction of sp³-hybridized carbons (Fsp3) is 0.304. The van der Waals surface area contributed by atoms with Crippen molar-refractivity contribution in [3.63, 3.8) is 0 Å². The lowest BCUT2D eigenvalue weighted by Crippen LogP contribution is -2.35. The summed E-state index contributed by atoms with van der Waals surface area (Å²) in [6.45, 7) is 3.83. The molecule has 1 aromatic heterocycles. The highest BCUT2D eigenvalue weighted by molar-refractivity contribution is 6.00. The lowest BCUT2D eigenvalue weighted by atomic mass is 10.1. The summed E-state index contributed by atoms with van der Waals surface area (Å²) < 4.78 is 24.6. The van der Waals surface area contributed by atoms with E-state index >= 15 is 0 Å². The first-order valence-electron chi connectivity index (χ1n) is 10.2. The molecule has 1 fully saturated rings. The molecule has 2 amide bonds. The SMILES string of the molecule is Cc1c(OC2CCN(C)CC2)ccc2cc(NC(=O)Nc3ccc(F)cc3)c(=O)oc12. The van der Waals surface area contributed by atoms with Crippen LogP contribution < -0.4 is 21.0 Å². The van der Waals surface area contributed by atoms with Crippen LogP contribution in [0.2, 0.25) is 0 Å². The molecule has 31 heavy (non-hydrogen) atoms. The topological polar surface area (TPSA) is 83.8 Å². The van der Waals surface area contributed by atoms with Crippen LogP contribution in [0.25, 0.3) is 11.0 Å². The lowest BCUT2D eigenvalue weighted by molar-refractivity contribution is 0.113. The Kier molecular flexibility index (Phi) is 5.90. The first kappa shape index (κ1) is 20.9. The van der Waals surface area contributed by atoms with Crippen molar-refractivity contribution in [2.45, 2.75) is 25.9 Å². The first-order valence-corrected chi connectivity index (χ1v) is 10.2. The zero-order valence-electron chi connectivity index (χ0n) is 17.4. The van der Waals surface area contributed by atoms with Crippen LogP contribution >= 0.6 is 0 Å². The van der Waals surface area contributed by atoms with Gasteiger partial charge >= 0.3 is 11.7 Å². The number of carbonyl (C=O) groups is 1. The molecule has 0 unspecified atom stereocenters.